The lowest BCUT2D eigenvalue weighted by molar-refractivity contribution is 0.0339. The van der Waals surface area contributed by atoms with E-state index in [1.54, 1.807) is 7.11 Å². The van der Waals surface area contributed by atoms with Gasteiger partial charge in [-0.15, -0.1) is 0 Å². The molecule has 1 heterocycles. The number of rotatable bonds is 3. The second kappa shape index (κ2) is 4.84. The Morgan fingerprint density at radius 2 is 2.29 bits per heavy atom. The number of guanidine groups is 1. The smallest absolute Gasteiger partial charge is 0.191 e. The van der Waals surface area contributed by atoms with Gasteiger partial charge in [-0.1, -0.05) is 26.7 Å². The van der Waals surface area contributed by atoms with Crippen LogP contribution >= 0.6 is 0 Å². The molecule has 0 amide bonds. The lowest BCUT2D eigenvalue weighted by Crippen LogP contribution is -2.59. The van der Waals surface area contributed by atoms with E-state index in [9.17, 15) is 0 Å². The topological polar surface area (TPSA) is 50.9 Å². The summed E-state index contributed by atoms with van der Waals surface area (Å²) in [6, 6.07) is 0. The molecular weight excluding hydrogens is 214 g/mol. The first-order valence-corrected chi connectivity index (χ1v) is 6.68. The van der Waals surface area contributed by atoms with Crippen molar-refractivity contribution >= 4 is 5.96 Å². The molecule has 0 aromatic rings. The molecule has 1 aliphatic heterocycles. The molecule has 2 N–H and O–H groups in total. The van der Waals surface area contributed by atoms with Crippen LogP contribution in [0.25, 0.3) is 0 Å². The second-order valence-corrected chi connectivity index (χ2v) is 5.58. The van der Waals surface area contributed by atoms with E-state index in [-0.39, 0.29) is 5.54 Å². The van der Waals surface area contributed by atoms with Gasteiger partial charge in [0.2, 0.25) is 0 Å². The van der Waals surface area contributed by atoms with Crippen molar-refractivity contribution in [1.82, 2.24) is 4.90 Å². The van der Waals surface area contributed by atoms with Crippen molar-refractivity contribution in [2.75, 3.05) is 26.8 Å². The van der Waals surface area contributed by atoms with Gasteiger partial charge in [0.05, 0.1) is 18.7 Å². The van der Waals surface area contributed by atoms with Crippen molar-refractivity contribution in [3.05, 3.63) is 0 Å². The lowest BCUT2D eigenvalue weighted by Gasteiger charge is -2.49. The third-order valence-corrected chi connectivity index (χ3v) is 4.82. The van der Waals surface area contributed by atoms with Gasteiger partial charge in [0.1, 0.15) is 0 Å². The molecule has 0 bridgehead atoms. The Balaban J connectivity index is 2.17. The maximum Gasteiger partial charge on any atom is 0.191 e. The molecule has 0 saturated heterocycles. The molecule has 3 unspecified atom stereocenters. The van der Waals surface area contributed by atoms with Gasteiger partial charge in [-0.3, -0.25) is 4.99 Å². The predicted molar refractivity (Wildman–Crippen MR) is 70.0 cm³/mol. The molecule has 2 rings (SSSR count). The van der Waals surface area contributed by atoms with Crippen molar-refractivity contribution in [3.8, 4) is 0 Å². The highest BCUT2D eigenvalue weighted by Gasteiger charge is 2.49. The number of nitrogens with zero attached hydrogens (tertiary/aromatic N) is 2. The highest BCUT2D eigenvalue weighted by Crippen LogP contribution is 2.43. The first-order valence-electron chi connectivity index (χ1n) is 6.68. The molecule has 2 aliphatic rings. The average Bonchev–Trinajstić information content (AvgIpc) is 2.62. The van der Waals surface area contributed by atoms with E-state index in [4.69, 9.17) is 10.5 Å². The predicted octanol–water partition coefficient (Wildman–Crippen LogP) is 1.46. The van der Waals surface area contributed by atoms with Crippen LogP contribution in [0.3, 0.4) is 0 Å². The quantitative estimate of drug-likeness (QED) is 0.811. The van der Waals surface area contributed by atoms with Crippen LogP contribution in [0.2, 0.25) is 0 Å². The summed E-state index contributed by atoms with van der Waals surface area (Å²) in [5.74, 6) is 2.12. The Bertz CT molecular complexity index is 305. The monoisotopic (exact) mass is 239 g/mol. The minimum atomic E-state index is 0.167. The summed E-state index contributed by atoms with van der Waals surface area (Å²) in [6.07, 6.45) is 3.84. The number of aliphatic imine (C=N–C) groups is 1. The number of nitrogens with two attached hydrogens (primary N) is 1. The summed E-state index contributed by atoms with van der Waals surface area (Å²) in [6.45, 7) is 7.17. The molecule has 1 spiro atoms. The Morgan fingerprint density at radius 1 is 1.53 bits per heavy atom. The van der Waals surface area contributed by atoms with Crippen LogP contribution in [-0.4, -0.2) is 43.2 Å². The number of methoxy groups -OCH3 is 1. The molecule has 17 heavy (non-hydrogen) atoms. The molecule has 98 valence electrons. The Hall–Kier alpha value is -0.770. The third kappa shape index (κ3) is 2.03. The van der Waals surface area contributed by atoms with E-state index in [1.165, 1.54) is 19.3 Å². The Kier molecular flexibility index (Phi) is 3.61. The van der Waals surface area contributed by atoms with E-state index in [0.29, 0.717) is 11.9 Å². The number of ether oxygens (including phenoxy) is 1. The van der Waals surface area contributed by atoms with Gasteiger partial charge in [0, 0.05) is 13.7 Å². The highest BCUT2D eigenvalue weighted by molar-refractivity contribution is 5.81. The van der Waals surface area contributed by atoms with E-state index in [0.717, 1.165) is 25.6 Å². The molecule has 4 heteroatoms. The first-order chi connectivity index (χ1) is 8.12. The van der Waals surface area contributed by atoms with Crippen LogP contribution in [0, 0.1) is 11.8 Å². The van der Waals surface area contributed by atoms with Crippen molar-refractivity contribution < 1.29 is 4.74 Å². The van der Waals surface area contributed by atoms with E-state index in [2.05, 4.69) is 23.7 Å². The summed E-state index contributed by atoms with van der Waals surface area (Å²) in [5, 5.41) is 0. The SMILES string of the molecule is COCCN1C(N)=NCC12CCCC(C)C2C. The zero-order valence-electron chi connectivity index (χ0n) is 11.3. The van der Waals surface area contributed by atoms with Crippen molar-refractivity contribution in [3.63, 3.8) is 0 Å². The van der Waals surface area contributed by atoms with Gasteiger partial charge in [-0.05, 0) is 18.3 Å². The molecule has 0 aromatic carbocycles. The highest BCUT2D eigenvalue weighted by atomic mass is 16.5. The summed E-state index contributed by atoms with van der Waals surface area (Å²) in [4.78, 5) is 6.80. The van der Waals surface area contributed by atoms with Crippen LogP contribution in [0.4, 0.5) is 0 Å². The van der Waals surface area contributed by atoms with Gasteiger partial charge in [-0.2, -0.15) is 0 Å². The minimum Gasteiger partial charge on any atom is -0.383 e. The van der Waals surface area contributed by atoms with Gasteiger partial charge in [0.25, 0.3) is 0 Å². The largest absolute Gasteiger partial charge is 0.383 e. The first kappa shape index (κ1) is 12.7. The van der Waals surface area contributed by atoms with Crippen LogP contribution in [0.5, 0.6) is 0 Å². The van der Waals surface area contributed by atoms with Crippen LogP contribution in [-0.2, 0) is 4.74 Å². The Morgan fingerprint density at radius 3 is 3.00 bits per heavy atom. The van der Waals surface area contributed by atoms with Gasteiger partial charge in [-0.25, -0.2) is 0 Å². The van der Waals surface area contributed by atoms with E-state index < -0.39 is 0 Å². The van der Waals surface area contributed by atoms with Gasteiger partial charge >= 0.3 is 0 Å². The zero-order valence-corrected chi connectivity index (χ0v) is 11.3. The van der Waals surface area contributed by atoms with Gasteiger partial charge < -0.3 is 15.4 Å². The molecule has 1 saturated carbocycles. The fourth-order valence-corrected chi connectivity index (χ4v) is 3.48. The van der Waals surface area contributed by atoms with E-state index in [1.807, 2.05) is 0 Å². The fraction of sp³-hybridized carbons (Fsp3) is 0.923. The maximum absolute atomic E-state index is 6.05. The molecule has 1 fully saturated rings. The minimum absolute atomic E-state index is 0.167. The van der Waals surface area contributed by atoms with Crippen molar-refractivity contribution in [1.29, 1.82) is 0 Å². The second-order valence-electron chi connectivity index (χ2n) is 5.58. The summed E-state index contributed by atoms with van der Waals surface area (Å²) >= 11 is 0. The van der Waals surface area contributed by atoms with Crippen LogP contribution < -0.4 is 5.73 Å². The maximum atomic E-state index is 6.05. The molecule has 4 nitrogen and oxygen atoms in total. The fourth-order valence-electron chi connectivity index (χ4n) is 3.48. The third-order valence-electron chi connectivity index (χ3n) is 4.82. The number of hydrogen-bond donors (Lipinski definition) is 1. The van der Waals surface area contributed by atoms with Crippen molar-refractivity contribution in [2.24, 2.45) is 22.6 Å². The average molecular weight is 239 g/mol. The van der Waals surface area contributed by atoms with Crippen LogP contribution in [0.1, 0.15) is 33.1 Å². The van der Waals surface area contributed by atoms with Gasteiger partial charge in [0.15, 0.2) is 5.96 Å². The zero-order chi connectivity index (χ0) is 12.5. The molecule has 0 aromatic heterocycles. The van der Waals surface area contributed by atoms with E-state index >= 15 is 0 Å². The summed E-state index contributed by atoms with van der Waals surface area (Å²) in [5.41, 5.74) is 6.22. The molecule has 3 atom stereocenters. The Labute approximate surface area is 104 Å². The standard InChI is InChI=1S/C13H25N3O/c1-10-5-4-6-13(11(10)2)9-15-12(14)16(13)7-8-17-3/h10-11H,4-9H2,1-3H3,(H2,14,15). The lowest BCUT2D eigenvalue weighted by atomic mass is 9.68. The molecule has 1 aliphatic carbocycles. The molecular formula is C13H25N3O. The van der Waals surface area contributed by atoms with Crippen molar-refractivity contribution in [2.45, 2.75) is 38.6 Å². The summed E-state index contributed by atoms with van der Waals surface area (Å²) in [7, 11) is 1.74. The molecule has 0 radical (unpaired) electrons. The summed E-state index contributed by atoms with van der Waals surface area (Å²) < 4.78 is 5.20. The van der Waals surface area contributed by atoms with Crippen LogP contribution in [0.15, 0.2) is 4.99 Å². The number of hydrogen-bond acceptors (Lipinski definition) is 4. The normalized spacial score (nSPS) is 37.6.